The Bertz CT molecular complexity index is 346. The molecule has 2 aliphatic rings. The molecule has 2 saturated carbocycles. The average Bonchev–Trinajstić information content (AvgIpc) is 2.83. The van der Waals surface area contributed by atoms with Crippen LogP contribution in [0, 0.1) is 11.8 Å². The van der Waals surface area contributed by atoms with Crippen LogP contribution in [0.3, 0.4) is 0 Å². The third kappa shape index (κ3) is 1.66. The third-order valence-electron chi connectivity index (χ3n) is 3.88. The van der Waals surface area contributed by atoms with Gasteiger partial charge in [0.15, 0.2) is 0 Å². The van der Waals surface area contributed by atoms with Gasteiger partial charge in [-0.3, -0.25) is 0 Å². The number of fused-ring (bicyclic) bond motifs is 2. The summed E-state index contributed by atoms with van der Waals surface area (Å²) in [4.78, 5) is 4.10. The number of nitrogens with zero attached hydrogens (tertiary/aromatic N) is 1. The molecule has 2 aliphatic carbocycles. The summed E-state index contributed by atoms with van der Waals surface area (Å²) in [6, 6.07) is 4.55. The van der Waals surface area contributed by atoms with E-state index < -0.39 is 0 Å². The van der Waals surface area contributed by atoms with Crippen LogP contribution in [0.2, 0.25) is 0 Å². The standard InChI is InChI=1S/C12H17N3/c13-12-4-3-10(7-14-12)15-11-6-8-1-2-9(11)5-8/h3-4,7-9,11,15H,1-2,5-6H2,(H2,13,14). The van der Waals surface area contributed by atoms with Crippen LogP contribution >= 0.6 is 0 Å². The fourth-order valence-electron chi connectivity index (χ4n) is 3.13. The molecule has 2 fully saturated rings. The molecule has 1 heterocycles. The van der Waals surface area contributed by atoms with E-state index >= 15 is 0 Å². The zero-order chi connectivity index (χ0) is 10.3. The Labute approximate surface area is 90.1 Å². The first-order valence-electron chi connectivity index (χ1n) is 5.79. The van der Waals surface area contributed by atoms with Gasteiger partial charge >= 0.3 is 0 Å². The van der Waals surface area contributed by atoms with Crippen LogP contribution in [0.1, 0.15) is 25.7 Å². The quantitative estimate of drug-likeness (QED) is 0.775. The topological polar surface area (TPSA) is 50.9 Å². The van der Waals surface area contributed by atoms with Crippen molar-refractivity contribution in [2.45, 2.75) is 31.7 Å². The van der Waals surface area contributed by atoms with Gasteiger partial charge in [0.1, 0.15) is 5.82 Å². The highest BCUT2D eigenvalue weighted by molar-refractivity contribution is 5.46. The Hall–Kier alpha value is -1.25. The van der Waals surface area contributed by atoms with Crippen LogP contribution in [-0.2, 0) is 0 Å². The molecule has 3 nitrogen and oxygen atoms in total. The highest BCUT2D eigenvalue weighted by Gasteiger charge is 2.39. The molecule has 2 bridgehead atoms. The maximum atomic E-state index is 5.56. The van der Waals surface area contributed by atoms with Crippen molar-refractivity contribution in [2.75, 3.05) is 11.1 Å². The number of nitrogens with one attached hydrogen (secondary N) is 1. The molecule has 3 atom stereocenters. The Morgan fingerprint density at radius 1 is 1.27 bits per heavy atom. The monoisotopic (exact) mass is 203 g/mol. The van der Waals surface area contributed by atoms with Gasteiger partial charge in [-0.2, -0.15) is 0 Å². The highest BCUT2D eigenvalue weighted by atomic mass is 15.0. The van der Waals surface area contributed by atoms with Crippen LogP contribution in [0.25, 0.3) is 0 Å². The summed E-state index contributed by atoms with van der Waals surface area (Å²) in [6.45, 7) is 0. The molecular weight excluding hydrogens is 186 g/mol. The Morgan fingerprint density at radius 3 is 2.80 bits per heavy atom. The minimum atomic E-state index is 0.591. The van der Waals surface area contributed by atoms with Gasteiger partial charge in [-0.25, -0.2) is 4.98 Å². The number of hydrogen-bond acceptors (Lipinski definition) is 3. The lowest BCUT2D eigenvalue weighted by Crippen LogP contribution is -2.25. The maximum absolute atomic E-state index is 5.56. The summed E-state index contributed by atoms with van der Waals surface area (Å²) in [5.41, 5.74) is 6.67. The smallest absolute Gasteiger partial charge is 0.123 e. The second-order valence-electron chi connectivity index (χ2n) is 4.90. The lowest BCUT2D eigenvalue weighted by Gasteiger charge is -2.23. The number of nitrogen functional groups attached to an aromatic ring is 1. The first-order chi connectivity index (χ1) is 7.31. The summed E-state index contributed by atoms with van der Waals surface area (Å²) >= 11 is 0. The fraction of sp³-hybridized carbons (Fsp3) is 0.583. The Balaban J connectivity index is 1.68. The van der Waals surface area contributed by atoms with E-state index in [0.29, 0.717) is 11.9 Å². The number of rotatable bonds is 2. The molecule has 15 heavy (non-hydrogen) atoms. The SMILES string of the molecule is Nc1ccc(NC2CC3CCC2C3)cn1. The maximum Gasteiger partial charge on any atom is 0.123 e. The highest BCUT2D eigenvalue weighted by Crippen LogP contribution is 2.45. The molecule has 3 rings (SSSR count). The van der Waals surface area contributed by atoms with E-state index in [9.17, 15) is 0 Å². The van der Waals surface area contributed by atoms with Crippen molar-refractivity contribution in [3.8, 4) is 0 Å². The molecule has 0 spiro atoms. The first-order valence-corrected chi connectivity index (χ1v) is 5.79. The summed E-state index contributed by atoms with van der Waals surface area (Å²) in [7, 11) is 0. The predicted octanol–water partition coefficient (Wildman–Crippen LogP) is 2.26. The minimum absolute atomic E-state index is 0.591. The molecule has 80 valence electrons. The van der Waals surface area contributed by atoms with Crippen LogP contribution in [0.5, 0.6) is 0 Å². The molecule has 3 N–H and O–H groups in total. The largest absolute Gasteiger partial charge is 0.384 e. The van der Waals surface area contributed by atoms with Gasteiger partial charge in [0.2, 0.25) is 0 Å². The zero-order valence-corrected chi connectivity index (χ0v) is 8.82. The first kappa shape index (κ1) is 9.01. The lowest BCUT2D eigenvalue weighted by atomic mass is 9.95. The molecule has 3 unspecified atom stereocenters. The third-order valence-corrected chi connectivity index (χ3v) is 3.88. The number of anilines is 2. The molecular formula is C12H17N3. The molecule has 1 aromatic rings. The second-order valence-corrected chi connectivity index (χ2v) is 4.90. The van der Waals surface area contributed by atoms with E-state index in [1.165, 1.54) is 25.7 Å². The zero-order valence-electron chi connectivity index (χ0n) is 8.82. The fourth-order valence-corrected chi connectivity index (χ4v) is 3.13. The number of nitrogens with two attached hydrogens (primary N) is 1. The van der Waals surface area contributed by atoms with E-state index in [0.717, 1.165) is 17.5 Å². The van der Waals surface area contributed by atoms with Crippen molar-refractivity contribution in [1.82, 2.24) is 4.98 Å². The van der Waals surface area contributed by atoms with Gasteiger partial charge in [-0.15, -0.1) is 0 Å². The van der Waals surface area contributed by atoms with E-state index in [1.807, 2.05) is 18.3 Å². The van der Waals surface area contributed by atoms with Crippen LogP contribution < -0.4 is 11.1 Å². The molecule has 0 aliphatic heterocycles. The molecule has 3 heteroatoms. The van der Waals surface area contributed by atoms with Gasteiger partial charge in [0.25, 0.3) is 0 Å². The van der Waals surface area contributed by atoms with Gasteiger partial charge in [0, 0.05) is 6.04 Å². The molecule has 0 aromatic carbocycles. The van der Waals surface area contributed by atoms with E-state index in [-0.39, 0.29) is 0 Å². The van der Waals surface area contributed by atoms with Gasteiger partial charge in [-0.05, 0) is 43.2 Å². The summed E-state index contributed by atoms with van der Waals surface area (Å²) in [5.74, 6) is 2.47. The van der Waals surface area contributed by atoms with Gasteiger partial charge < -0.3 is 11.1 Å². The van der Waals surface area contributed by atoms with Crippen LogP contribution in [0.4, 0.5) is 11.5 Å². The van der Waals surface area contributed by atoms with E-state index in [1.54, 1.807) is 0 Å². The average molecular weight is 203 g/mol. The van der Waals surface area contributed by atoms with Crippen LogP contribution in [0.15, 0.2) is 18.3 Å². The van der Waals surface area contributed by atoms with Crippen molar-refractivity contribution >= 4 is 11.5 Å². The van der Waals surface area contributed by atoms with Crippen molar-refractivity contribution < 1.29 is 0 Å². The summed E-state index contributed by atoms with van der Waals surface area (Å²) < 4.78 is 0. The second kappa shape index (κ2) is 3.40. The van der Waals surface area contributed by atoms with Crippen molar-refractivity contribution in [1.29, 1.82) is 0 Å². The van der Waals surface area contributed by atoms with Gasteiger partial charge in [0.05, 0.1) is 11.9 Å². The molecule has 0 saturated heterocycles. The van der Waals surface area contributed by atoms with Crippen LogP contribution in [-0.4, -0.2) is 11.0 Å². The Kier molecular flexibility index (Phi) is 2.04. The summed E-state index contributed by atoms with van der Waals surface area (Å²) in [6.07, 6.45) is 7.46. The summed E-state index contributed by atoms with van der Waals surface area (Å²) in [5, 5.41) is 3.58. The van der Waals surface area contributed by atoms with Crippen molar-refractivity contribution in [3.05, 3.63) is 18.3 Å². The number of hydrogen-bond donors (Lipinski definition) is 2. The predicted molar refractivity (Wildman–Crippen MR) is 61.5 cm³/mol. The number of aromatic nitrogens is 1. The van der Waals surface area contributed by atoms with Gasteiger partial charge in [-0.1, -0.05) is 6.42 Å². The van der Waals surface area contributed by atoms with Crippen molar-refractivity contribution in [3.63, 3.8) is 0 Å². The minimum Gasteiger partial charge on any atom is -0.384 e. The van der Waals surface area contributed by atoms with E-state index in [4.69, 9.17) is 5.73 Å². The molecule has 0 radical (unpaired) electrons. The number of pyridine rings is 1. The molecule has 1 aromatic heterocycles. The van der Waals surface area contributed by atoms with Crippen molar-refractivity contribution in [2.24, 2.45) is 11.8 Å². The molecule has 0 amide bonds. The Morgan fingerprint density at radius 2 is 2.20 bits per heavy atom. The van der Waals surface area contributed by atoms with E-state index in [2.05, 4.69) is 10.3 Å². The lowest BCUT2D eigenvalue weighted by molar-refractivity contribution is 0.439. The normalized spacial score (nSPS) is 33.2.